The number of aryl methyl sites for hydroxylation is 1. The van der Waals surface area contributed by atoms with Gasteiger partial charge in [-0.1, -0.05) is 18.2 Å². The molecule has 3 heterocycles. The van der Waals surface area contributed by atoms with E-state index in [2.05, 4.69) is 16.4 Å². The zero-order chi connectivity index (χ0) is 30.7. The van der Waals surface area contributed by atoms with E-state index >= 15 is 0 Å². The zero-order valence-electron chi connectivity index (χ0n) is 24.9. The largest absolute Gasteiger partial charge is 0.392 e. The van der Waals surface area contributed by atoms with E-state index in [-0.39, 0.29) is 24.7 Å². The number of aromatic nitrogens is 2. The summed E-state index contributed by atoms with van der Waals surface area (Å²) in [5.41, 5.74) is 6.31. The van der Waals surface area contributed by atoms with Gasteiger partial charge >= 0.3 is 0 Å². The van der Waals surface area contributed by atoms with Gasteiger partial charge in [0.05, 0.1) is 31.6 Å². The van der Waals surface area contributed by atoms with Crippen LogP contribution < -0.4 is 20.7 Å². The molecule has 2 aromatic carbocycles. The highest BCUT2D eigenvalue weighted by Gasteiger charge is 2.28. The summed E-state index contributed by atoms with van der Waals surface area (Å²) in [4.78, 5) is 34.8. The van der Waals surface area contributed by atoms with Gasteiger partial charge in [-0.15, -0.1) is 0 Å². The van der Waals surface area contributed by atoms with Crippen LogP contribution in [0.4, 0.5) is 22.9 Å². The van der Waals surface area contributed by atoms with Crippen molar-refractivity contribution in [2.75, 3.05) is 42.4 Å². The molecule has 1 unspecified atom stereocenters. The summed E-state index contributed by atoms with van der Waals surface area (Å²) in [6.07, 6.45) is 3.53. The first-order valence-electron chi connectivity index (χ1n) is 14.2. The van der Waals surface area contributed by atoms with Gasteiger partial charge < -0.3 is 34.6 Å². The Morgan fingerprint density at radius 1 is 1.09 bits per heavy atom. The van der Waals surface area contributed by atoms with Crippen molar-refractivity contribution >= 4 is 28.8 Å². The summed E-state index contributed by atoms with van der Waals surface area (Å²) in [5.74, 6) is 0.381. The van der Waals surface area contributed by atoms with E-state index in [0.717, 1.165) is 22.4 Å². The minimum Gasteiger partial charge on any atom is -0.392 e. The van der Waals surface area contributed by atoms with Gasteiger partial charge in [-0.3, -0.25) is 9.59 Å². The Kier molecular flexibility index (Phi) is 8.91. The average molecular weight is 584 g/mol. The van der Waals surface area contributed by atoms with E-state index in [1.54, 1.807) is 43.4 Å². The predicted octanol–water partition coefficient (Wildman–Crippen LogP) is 3.85. The number of hydrogen-bond acceptors (Lipinski definition) is 8. The SMILES string of the molecule is CC(O)COCc1ccc(Nc2cc(-c3cccc(N4CCc5cc(N(C)C)ccc5C4=O)c3CO)cn(C)c2=O)nc1. The first kappa shape index (κ1) is 30.0. The number of rotatable bonds is 10. The van der Waals surface area contributed by atoms with Gasteiger partial charge in [0.15, 0.2) is 0 Å². The van der Waals surface area contributed by atoms with Crippen molar-refractivity contribution in [3.63, 3.8) is 0 Å². The molecule has 4 aromatic rings. The van der Waals surface area contributed by atoms with Crippen molar-refractivity contribution in [2.24, 2.45) is 7.05 Å². The monoisotopic (exact) mass is 583 g/mol. The van der Waals surface area contributed by atoms with Crippen molar-refractivity contribution in [1.82, 2.24) is 9.55 Å². The first-order valence-corrected chi connectivity index (χ1v) is 14.2. The number of nitrogens with zero attached hydrogens (tertiary/aromatic N) is 4. The van der Waals surface area contributed by atoms with Gasteiger partial charge in [0.2, 0.25) is 0 Å². The van der Waals surface area contributed by atoms with Crippen LogP contribution in [0, 0.1) is 0 Å². The molecule has 0 bridgehead atoms. The topological polar surface area (TPSA) is 120 Å². The third kappa shape index (κ3) is 6.46. The minimum absolute atomic E-state index is 0.105. The van der Waals surface area contributed by atoms with E-state index in [9.17, 15) is 19.8 Å². The van der Waals surface area contributed by atoms with Crippen molar-refractivity contribution < 1.29 is 19.7 Å². The third-order valence-electron chi connectivity index (χ3n) is 7.50. The second-order valence-electron chi connectivity index (χ2n) is 11.0. The van der Waals surface area contributed by atoms with Crippen LogP contribution >= 0.6 is 0 Å². The Labute approximate surface area is 250 Å². The molecule has 10 nitrogen and oxygen atoms in total. The molecule has 43 heavy (non-hydrogen) atoms. The maximum atomic E-state index is 13.6. The zero-order valence-corrected chi connectivity index (χ0v) is 24.9. The fourth-order valence-electron chi connectivity index (χ4n) is 5.26. The highest BCUT2D eigenvalue weighted by atomic mass is 16.5. The fraction of sp³-hybridized carbons (Fsp3) is 0.303. The lowest BCUT2D eigenvalue weighted by Gasteiger charge is -2.31. The van der Waals surface area contributed by atoms with Crippen molar-refractivity contribution in [3.8, 4) is 11.1 Å². The van der Waals surface area contributed by atoms with Crippen LogP contribution in [0.1, 0.15) is 34.0 Å². The molecular weight excluding hydrogens is 546 g/mol. The number of fused-ring (bicyclic) bond motifs is 1. The van der Waals surface area contributed by atoms with Crippen molar-refractivity contribution in [3.05, 3.63) is 99.6 Å². The van der Waals surface area contributed by atoms with Crippen LogP contribution in [0.2, 0.25) is 0 Å². The van der Waals surface area contributed by atoms with Crippen LogP contribution in [-0.4, -0.2) is 59.0 Å². The molecule has 0 saturated heterocycles. The third-order valence-corrected chi connectivity index (χ3v) is 7.50. The summed E-state index contributed by atoms with van der Waals surface area (Å²) < 4.78 is 6.92. The second-order valence-corrected chi connectivity index (χ2v) is 11.0. The number of hydrogen-bond donors (Lipinski definition) is 3. The van der Waals surface area contributed by atoms with Crippen molar-refractivity contribution in [1.29, 1.82) is 0 Å². The van der Waals surface area contributed by atoms with Gasteiger partial charge in [-0.2, -0.15) is 0 Å². The van der Waals surface area contributed by atoms with Crippen LogP contribution in [-0.2, 0) is 31.4 Å². The first-order chi connectivity index (χ1) is 20.7. The molecule has 0 aliphatic carbocycles. The normalized spacial score (nSPS) is 13.5. The molecule has 1 amide bonds. The van der Waals surface area contributed by atoms with E-state index in [1.165, 1.54) is 4.57 Å². The molecular formula is C33H37N5O5. The number of amides is 1. The Bertz CT molecular complexity index is 1680. The van der Waals surface area contributed by atoms with Crippen LogP contribution in [0.5, 0.6) is 0 Å². The highest BCUT2D eigenvalue weighted by molar-refractivity contribution is 6.09. The number of pyridine rings is 2. The molecule has 3 N–H and O–H groups in total. The highest BCUT2D eigenvalue weighted by Crippen LogP contribution is 2.35. The lowest BCUT2D eigenvalue weighted by Crippen LogP contribution is -2.38. The summed E-state index contributed by atoms with van der Waals surface area (Å²) in [7, 11) is 5.62. The smallest absolute Gasteiger partial charge is 0.274 e. The summed E-state index contributed by atoms with van der Waals surface area (Å²) >= 11 is 0. The molecule has 0 fully saturated rings. The van der Waals surface area contributed by atoms with Gasteiger partial charge in [0, 0.05) is 62.5 Å². The predicted molar refractivity (Wildman–Crippen MR) is 168 cm³/mol. The van der Waals surface area contributed by atoms with Crippen molar-refractivity contribution in [2.45, 2.75) is 32.7 Å². The lowest BCUT2D eigenvalue weighted by molar-refractivity contribution is 0.0375. The number of ether oxygens (including phenoxy) is 1. The van der Waals surface area contributed by atoms with Gasteiger partial charge in [0.25, 0.3) is 11.5 Å². The summed E-state index contributed by atoms with van der Waals surface area (Å²) in [6, 6.07) is 16.8. The number of carbonyl (C=O) groups is 1. The molecule has 0 spiro atoms. The van der Waals surface area contributed by atoms with Gasteiger partial charge in [-0.05, 0) is 66.4 Å². The lowest BCUT2D eigenvalue weighted by atomic mass is 9.94. The van der Waals surface area contributed by atoms with E-state index in [1.807, 2.05) is 55.4 Å². The molecule has 1 aliphatic rings. The molecule has 1 atom stereocenters. The molecule has 0 radical (unpaired) electrons. The van der Waals surface area contributed by atoms with Crippen LogP contribution in [0.25, 0.3) is 11.1 Å². The van der Waals surface area contributed by atoms with E-state index < -0.39 is 6.10 Å². The number of aliphatic hydroxyl groups excluding tert-OH is 2. The van der Waals surface area contributed by atoms with E-state index in [0.29, 0.717) is 53.5 Å². The number of benzene rings is 2. The maximum Gasteiger partial charge on any atom is 0.274 e. The quantitative estimate of drug-likeness (QED) is 0.258. The average Bonchev–Trinajstić information content (AvgIpc) is 2.99. The Hall–Kier alpha value is -4.51. The molecule has 224 valence electrons. The number of carbonyl (C=O) groups excluding carboxylic acids is 1. The minimum atomic E-state index is -0.543. The van der Waals surface area contributed by atoms with Gasteiger partial charge in [-0.25, -0.2) is 4.98 Å². The number of aliphatic hydroxyl groups is 2. The van der Waals surface area contributed by atoms with Crippen LogP contribution in [0.3, 0.4) is 0 Å². The molecule has 10 heteroatoms. The Morgan fingerprint density at radius 2 is 1.91 bits per heavy atom. The Morgan fingerprint density at radius 3 is 2.60 bits per heavy atom. The molecule has 1 aliphatic heterocycles. The maximum absolute atomic E-state index is 13.6. The Balaban J connectivity index is 1.43. The molecule has 5 rings (SSSR count). The van der Waals surface area contributed by atoms with Gasteiger partial charge in [0.1, 0.15) is 11.5 Å². The number of anilines is 4. The summed E-state index contributed by atoms with van der Waals surface area (Å²) in [5, 5.41) is 23.0. The molecule has 2 aromatic heterocycles. The number of nitrogens with one attached hydrogen (secondary N) is 1. The molecule has 0 saturated carbocycles. The van der Waals surface area contributed by atoms with Crippen LogP contribution in [0.15, 0.2) is 71.8 Å². The fourth-order valence-corrected chi connectivity index (χ4v) is 5.26. The second kappa shape index (κ2) is 12.8. The standard InChI is InChI=1S/C33H37N5O5/c1-21(40)19-43-20-22-8-11-31(34-16-22)35-29-15-24(17-37(4)33(29)42)26-6-5-7-30(28(26)18-39)38-13-12-23-14-25(36(2)3)9-10-27(23)32(38)41/h5-11,14-17,21,39-40H,12-13,18-20H2,1-4H3,(H,34,35). The summed E-state index contributed by atoms with van der Waals surface area (Å²) in [6.45, 7) is 2.42. The van der Waals surface area contributed by atoms with E-state index in [4.69, 9.17) is 4.74 Å².